The van der Waals surface area contributed by atoms with Gasteiger partial charge in [0.15, 0.2) is 0 Å². The van der Waals surface area contributed by atoms with Gasteiger partial charge in [-0.3, -0.25) is 0 Å². The molecule has 3 rings (SSSR count). The van der Waals surface area contributed by atoms with Crippen molar-refractivity contribution in [1.29, 1.82) is 0 Å². The Kier molecular flexibility index (Phi) is 4.79. The Labute approximate surface area is 127 Å². The molecule has 0 unspecified atom stereocenters. The summed E-state index contributed by atoms with van der Waals surface area (Å²) in [5.41, 5.74) is 3.15. The summed E-state index contributed by atoms with van der Waals surface area (Å²) < 4.78 is 5.94. The highest BCUT2D eigenvalue weighted by Gasteiger charge is 2.17. The Morgan fingerprint density at radius 2 is 1.95 bits per heavy atom. The van der Waals surface area contributed by atoms with Crippen molar-refractivity contribution in [3.63, 3.8) is 0 Å². The third-order valence-corrected chi connectivity index (χ3v) is 4.89. The number of ether oxygens (including phenoxy) is 1. The average Bonchev–Trinajstić information content (AvgIpc) is 2.55. The van der Waals surface area contributed by atoms with Gasteiger partial charge in [-0.25, -0.2) is 0 Å². The lowest BCUT2D eigenvalue weighted by atomic mass is 9.87. The van der Waals surface area contributed by atoms with Gasteiger partial charge in [0, 0.05) is 5.56 Å². The summed E-state index contributed by atoms with van der Waals surface area (Å²) in [6.07, 6.45) is 11.1. The molecule has 3 heteroatoms. The lowest BCUT2D eigenvalue weighted by Crippen LogP contribution is -2.13. The molecule has 0 saturated heterocycles. The molecular weight excluding hydrogens is 262 g/mol. The van der Waals surface area contributed by atoms with Crippen LogP contribution in [0.1, 0.15) is 62.5 Å². The molecule has 1 N–H and O–H groups in total. The number of rotatable bonds is 4. The molecule has 0 atom stereocenters. The Hall–Kier alpha value is -1.51. The summed E-state index contributed by atoms with van der Waals surface area (Å²) in [5.74, 6) is 1.83. The first-order chi connectivity index (χ1) is 10.4. The fourth-order valence-electron chi connectivity index (χ4n) is 3.65. The van der Waals surface area contributed by atoms with Crippen molar-refractivity contribution in [3.8, 4) is 5.75 Å². The van der Waals surface area contributed by atoms with Crippen LogP contribution in [0.4, 0.5) is 0 Å². The number of hydrogen-bond donors (Lipinski definition) is 1. The highest BCUT2D eigenvalue weighted by molar-refractivity contribution is 6.02. The molecular formula is C18H25NO2. The second-order valence-electron chi connectivity index (χ2n) is 6.36. The maximum Gasteiger partial charge on any atom is 0.119 e. The number of fused-ring (bicyclic) bond motifs is 1. The maximum atomic E-state index is 9.05. The molecule has 2 aliphatic rings. The van der Waals surface area contributed by atoms with Gasteiger partial charge in [0.1, 0.15) is 5.75 Å². The highest BCUT2D eigenvalue weighted by atomic mass is 16.5. The summed E-state index contributed by atoms with van der Waals surface area (Å²) in [5, 5.41) is 12.5. The smallest absolute Gasteiger partial charge is 0.119 e. The zero-order valence-electron chi connectivity index (χ0n) is 12.7. The number of benzene rings is 1. The minimum absolute atomic E-state index is 0.810. The summed E-state index contributed by atoms with van der Waals surface area (Å²) in [4.78, 5) is 0. The Bertz CT molecular complexity index is 504. The molecule has 0 heterocycles. The minimum atomic E-state index is 0.810. The summed E-state index contributed by atoms with van der Waals surface area (Å²) in [6.45, 7) is 0.824. The standard InChI is InChI=1S/C18H25NO2/c20-19-18-8-4-7-15-13-16(9-10-17(15)18)21-12-11-14-5-2-1-3-6-14/h9-10,13-14,20H,1-8,11-12H2. The molecule has 114 valence electrons. The lowest BCUT2D eigenvalue weighted by molar-refractivity contribution is 0.246. The fraction of sp³-hybridized carbons (Fsp3) is 0.611. The molecule has 0 radical (unpaired) electrons. The van der Waals surface area contributed by atoms with E-state index >= 15 is 0 Å². The first kappa shape index (κ1) is 14.4. The molecule has 1 aromatic rings. The van der Waals surface area contributed by atoms with Crippen molar-refractivity contribution >= 4 is 5.71 Å². The van der Waals surface area contributed by atoms with Crippen LogP contribution in [0.15, 0.2) is 23.4 Å². The van der Waals surface area contributed by atoms with Crippen molar-refractivity contribution in [2.75, 3.05) is 6.61 Å². The van der Waals surface area contributed by atoms with Crippen molar-refractivity contribution in [1.82, 2.24) is 0 Å². The topological polar surface area (TPSA) is 41.8 Å². The third kappa shape index (κ3) is 3.58. The van der Waals surface area contributed by atoms with E-state index in [0.717, 1.165) is 48.8 Å². The van der Waals surface area contributed by atoms with Gasteiger partial charge in [0.25, 0.3) is 0 Å². The van der Waals surface area contributed by atoms with Crippen molar-refractivity contribution in [2.24, 2.45) is 11.1 Å². The summed E-state index contributed by atoms with van der Waals surface area (Å²) in [6, 6.07) is 6.18. The minimum Gasteiger partial charge on any atom is -0.494 e. The molecule has 0 aliphatic heterocycles. The normalized spacial score (nSPS) is 21.2. The van der Waals surface area contributed by atoms with Crippen molar-refractivity contribution in [3.05, 3.63) is 29.3 Å². The number of oxime groups is 1. The van der Waals surface area contributed by atoms with Gasteiger partial charge in [-0.05, 0) is 55.4 Å². The summed E-state index contributed by atoms with van der Waals surface area (Å²) >= 11 is 0. The van der Waals surface area contributed by atoms with Crippen LogP contribution in [0.2, 0.25) is 0 Å². The lowest BCUT2D eigenvalue weighted by Gasteiger charge is -2.22. The number of aryl methyl sites for hydroxylation is 1. The van der Waals surface area contributed by atoms with Crippen molar-refractivity contribution in [2.45, 2.75) is 57.8 Å². The molecule has 0 bridgehead atoms. The predicted octanol–water partition coefficient (Wildman–Crippen LogP) is 4.55. The van der Waals surface area contributed by atoms with Gasteiger partial charge in [0.05, 0.1) is 12.3 Å². The van der Waals surface area contributed by atoms with Gasteiger partial charge in [-0.15, -0.1) is 0 Å². The fourth-order valence-corrected chi connectivity index (χ4v) is 3.65. The van der Waals surface area contributed by atoms with E-state index in [1.54, 1.807) is 0 Å². The van der Waals surface area contributed by atoms with E-state index in [2.05, 4.69) is 11.2 Å². The first-order valence-electron chi connectivity index (χ1n) is 8.34. The summed E-state index contributed by atoms with van der Waals surface area (Å²) in [7, 11) is 0. The van der Waals surface area contributed by atoms with Gasteiger partial charge < -0.3 is 9.94 Å². The Morgan fingerprint density at radius 1 is 1.10 bits per heavy atom. The molecule has 0 aromatic heterocycles. The molecule has 3 nitrogen and oxygen atoms in total. The SMILES string of the molecule is ON=C1CCCc2cc(OCCC3CCCCC3)ccc21. The van der Waals surface area contributed by atoms with E-state index in [-0.39, 0.29) is 0 Å². The van der Waals surface area contributed by atoms with Crippen LogP contribution < -0.4 is 4.74 Å². The van der Waals surface area contributed by atoms with Crippen LogP contribution in [0, 0.1) is 5.92 Å². The van der Waals surface area contributed by atoms with Gasteiger partial charge in [0.2, 0.25) is 0 Å². The number of hydrogen-bond acceptors (Lipinski definition) is 3. The molecule has 1 aromatic carbocycles. The van der Waals surface area contributed by atoms with Crippen LogP contribution in [-0.4, -0.2) is 17.5 Å². The zero-order valence-corrected chi connectivity index (χ0v) is 12.7. The van der Waals surface area contributed by atoms with E-state index in [0.29, 0.717) is 0 Å². The zero-order chi connectivity index (χ0) is 14.5. The molecule has 1 fully saturated rings. The van der Waals surface area contributed by atoms with E-state index in [1.165, 1.54) is 44.1 Å². The monoisotopic (exact) mass is 287 g/mol. The average molecular weight is 287 g/mol. The largest absolute Gasteiger partial charge is 0.494 e. The van der Waals surface area contributed by atoms with E-state index in [1.807, 2.05) is 12.1 Å². The molecule has 21 heavy (non-hydrogen) atoms. The van der Waals surface area contributed by atoms with E-state index in [4.69, 9.17) is 9.94 Å². The highest BCUT2D eigenvalue weighted by Crippen LogP contribution is 2.28. The second-order valence-corrected chi connectivity index (χ2v) is 6.36. The van der Waals surface area contributed by atoms with Crippen LogP contribution in [0.25, 0.3) is 0 Å². The quantitative estimate of drug-likeness (QED) is 0.652. The third-order valence-electron chi connectivity index (χ3n) is 4.89. The van der Waals surface area contributed by atoms with Gasteiger partial charge >= 0.3 is 0 Å². The molecule has 0 spiro atoms. The molecule has 1 saturated carbocycles. The van der Waals surface area contributed by atoms with Crippen LogP contribution in [-0.2, 0) is 6.42 Å². The molecule has 2 aliphatic carbocycles. The van der Waals surface area contributed by atoms with Crippen LogP contribution >= 0.6 is 0 Å². The maximum absolute atomic E-state index is 9.05. The second kappa shape index (κ2) is 6.97. The Balaban J connectivity index is 1.56. The molecule has 0 amide bonds. The van der Waals surface area contributed by atoms with Crippen molar-refractivity contribution < 1.29 is 9.94 Å². The predicted molar refractivity (Wildman–Crippen MR) is 84.4 cm³/mol. The number of nitrogens with zero attached hydrogens (tertiary/aromatic N) is 1. The Morgan fingerprint density at radius 3 is 2.76 bits per heavy atom. The van der Waals surface area contributed by atoms with E-state index < -0.39 is 0 Å². The van der Waals surface area contributed by atoms with Crippen LogP contribution in [0.5, 0.6) is 5.75 Å². The van der Waals surface area contributed by atoms with Gasteiger partial charge in [-0.2, -0.15) is 0 Å². The van der Waals surface area contributed by atoms with E-state index in [9.17, 15) is 0 Å². The van der Waals surface area contributed by atoms with Crippen LogP contribution in [0.3, 0.4) is 0 Å². The van der Waals surface area contributed by atoms with Gasteiger partial charge in [-0.1, -0.05) is 37.3 Å². The first-order valence-corrected chi connectivity index (χ1v) is 8.34.